The van der Waals surface area contributed by atoms with Crippen molar-refractivity contribution in [3.8, 4) is 0 Å². The fourth-order valence-electron chi connectivity index (χ4n) is 3.74. The zero-order valence-electron chi connectivity index (χ0n) is 14.1. The van der Waals surface area contributed by atoms with Crippen molar-refractivity contribution >= 4 is 0 Å². The maximum atomic E-state index is 6.25. The monoisotopic (exact) mass is 299 g/mol. The summed E-state index contributed by atoms with van der Waals surface area (Å²) >= 11 is 0. The smallest absolute Gasteiger partial charge is 0.190 e. The van der Waals surface area contributed by atoms with E-state index in [9.17, 15) is 0 Å². The minimum Gasteiger partial charge on any atom is -0.266 e. The number of hydroxylamine groups is 2. The van der Waals surface area contributed by atoms with Gasteiger partial charge in [0.1, 0.15) is 0 Å². The Kier molecular flexibility index (Phi) is 5.00. The molecule has 0 N–H and O–H groups in total. The maximum absolute atomic E-state index is 6.25. The van der Waals surface area contributed by atoms with Gasteiger partial charge in [-0.15, -0.1) is 5.06 Å². The molecule has 22 heavy (non-hydrogen) atoms. The molecule has 1 saturated carbocycles. The molecular formula is C20H29NO. The molecule has 1 aromatic carbocycles. The largest absolute Gasteiger partial charge is 0.266 e. The molecule has 1 aliphatic heterocycles. The lowest BCUT2D eigenvalue weighted by molar-refractivity contribution is 0.119. The quantitative estimate of drug-likeness (QED) is 0.388. The van der Waals surface area contributed by atoms with E-state index in [1.54, 1.807) is 0 Å². The van der Waals surface area contributed by atoms with Crippen LogP contribution >= 0.6 is 0 Å². The summed E-state index contributed by atoms with van der Waals surface area (Å²) in [5, 5.41) is 2.32. The van der Waals surface area contributed by atoms with Crippen LogP contribution in [0.15, 0.2) is 42.0 Å². The summed E-state index contributed by atoms with van der Waals surface area (Å²) in [4.78, 5) is 6.25. The highest BCUT2D eigenvalue weighted by Gasteiger charge is 2.58. The van der Waals surface area contributed by atoms with Crippen LogP contribution in [0.5, 0.6) is 0 Å². The van der Waals surface area contributed by atoms with Crippen LogP contribution in [0, 0.1) is 0 Å². The van der Waals surface area contributed by atoms with E-state index in [-0.39, 0.29) is 5.72 Å². The summed E-state index contributed by atoms with van der Waals surface area (Å²) in [6.45, 7) is 4.35. The minimum atomic E-state index is -0.140. The van der Waals surface area contributed by atoms with Gasteiger partial charge in [0.05, 0.1) is 0 Å². The maximum Gasteiger partial charge on any atom is 0.190 e. The summed E-state index contributed by atoms with van der Waals surface area (Å²) in [7, 11) is 0. The van der Waals surface area contributed by atoms with Gasteiger partial charge in [-0.3, -0.25) is 4.84 Å². The molecule has 120 valence electrons. The third kappa shape index (κ3) is 3.44. The zero-order valence-corrected chi connectivity index (χ0v) is 14.1. The Morgan fingerprint density at radius 3 is 2.59 bits per heavy atom. The fraction of sp³-hybridized carbons (Fsp3) is 0.600. The molecule has 2 heteroatoms. The van der Waals surface area contributed by atoms with Gasteiger partial charge >= 0.3 is 0 Å². The van der Waals surface area contributed by atoms with E-state index in [2.05, 4.69) is 55.3 Å². The van der Waals surface area contributed by atoms with Gasteiger partial charge in [0.25, 0.3) is 0 Å². The summed E-state index contributed by atoms with van der Waals surface area (Å²) in [5.74, 6) is 0. The topological polar surface area (TPSA) is 15.5 Å². The molecule has 2 nitrogen and oxygen atoms in total. The number of unbranched alkanes of at least 4 members (excludes halogenated alkanes) is 1. The predicted octanol–water partition coefficient (Wildman–Crippen LogP) is 5.56. The minimum absolute atomic E-state index is 0.140. The molecule has 1 unspecified atom stereocenters. The number of hydrogen-bond donors (Lipinski definition) is 0. The van der Waals surface area contributed by atoms with Gasteiger partial charge in [-0.1, -0.05) is 61.2 Å². The molecule has 0 bridgehead atoms. The Bertz CT molecular complexity index is 500. The van der Waals surface area contributed by atoms with E-state index >= 15 is 0 Å². The Morgan fingerprint density at radius 2 is 1.91 bits per heavy atom. The van der Waals surface area contributed by atoms with Crippen LogP contribution in [-0.2, 0) is 10.6 Å². The molecule has 1 aromatic rings. The van der Waals surface area contributed by atoms with Crippen LogP contribution in [-0.4, -0.2) is 11.1 Å². The predicted molar refractivity (Wildman–Crippen MR) is 91.2 cm³/mol. The number of rotatable bonds is 6. The van der Waals surface area contributed by atoms with Crippen LogP contribution in [0.25, 0.3) is 0 Å². The molecule has 0 amide bonds. The first-order valence-electron chi connectivity index (χ1n) is 8.90. The van der Waals surface area contributed by atoms with E-state index in [1.807, 2.05) is 0 Å². The van der Waals surface area contributed by atoms with Crippen molar-refractivity contribution in [1.29, 1.82) is 0 Å². The Labute approximate surface area is 135 Å². The molecule has 0 aromatic heterocycles. The Hall–Kier alpha value is -1.12. The van der Waals surface area contributed by atoms with Crippen LogP contribution < -0.4 is 0 Å². The Morgan fingerprint density at radius 1 is 1.18 bits per heavy atom. The second kappa shape index (κ2) is 6.97. The van der Waals surface area contributed by atoms with Crippen molar-refractivity contribution in [2.45, 2.75) is 77.0 Å². The number of benzene rings is 1. The second-order valence-corrected chi connectivity index (χ2v) is 7.03. The lowest BCUT2D eigenvalue weighted by atomic mass is 9.92. The lowest BCUT2D eigenvalue weighted by Crippen LogP contribution is -2.28. The third-order valence-electron chi connectivity index (χ3n) is 4.98. The second-order valence-electron chi connectivity index (χ2n) is 7.03. The van der Waals surface area contributed by atoms with Crippen LogP contribution in [0.2, 0.25) is 0 Å². The molecule has 0 spiro atoms. The first kappa shape index (κ1) is 15.8. The molecule has 1 aliphatic carbocycles. The highest BCUT2D eigenvalue weighted by atomic mass is 16.9. The van der Waals surface area contributed by atoms with Crippen LogP contribution in [0.3, 0.4) is 0 Å². The standard InChI is InChI=1S/C20H29NO/c1-17(2)11-9-10-16-20(18-12-5-3-6-13-18)21(22-20)19-14-7-4-8-15-19/h3,5-6,11-13,19H,4,7-10,14-16H2,1-2H3/t20-,21?/m0/s1. The van der Waals surface area contributed by atoms with Crippen molar-refractivity contribution in [2.75, 3.05) is 0 Å². The SMILES string of the molecule is CC(C)=CCCC[C@@]1(c2ccccc2)ON1C1CCCCC1. The van der Waals surface area contributed by atoms with Crippen LogP contribution in [0.4, 0.5) is 0 Å². The number of nitrogens with zero attached hydrogens (tertiary/aromatic N) is 1. The van der Waals surface area contributed by atoms with Crippen molar-refractivity contribution in [2.24, 2.45) is 0 Å². The zero-order chi connectivity index (χ0) is 15.4. The van der Waals surface area contributed by atoms with E-state index in [4.69, 9.17) is 4.84 Å². The van der Waals surface area contributed by atoms with Gasteiger partial charge in [0.2, 0.25) is 0 Å². The van der Waals surface area contributed by atoms with Crippen molar-refractivity contribution in [3.05, 3.63) is 47.5 Å². The van der Waals surface area contributed by atoms with Gasteiger partial charge in [0, 0.05) is 11.6 Å². The molecule has 0 radical (unpaired) electrons. The summed E-state index contributed by atoms with van der Waals surface area (Å²) in [6, 6.07) is 11.4. The van der Waals surface area contributed by atoms with Crippen molar-refractivity contribution < 1.29 is 4.84 Å². The van der Waals surface area contributed by atoms with Crippen LogP contribution in [0.1, 0.15) is 70.8 Å². The molecular weight excluding hydrogens is 270 g/mol. The molecule has 2 fully saturated rings. The summed E-state index contributed by atoms with van der Waals surface area (Å²) in [6.07, 6.45) is 12.5. The average Bonchev–Trinajstić information content (AvgIpc) is 3.29. The first-order chi connectivity index (χ1) is 10.7. The Balaban J connectivity index is 1.69. The molecule has 2 atom stereocenters. The highest BCUT2D eigenvalue weighted by Crippen LogP contribution is 2.52. The summed E-state index contributed by atoms with van der Waals surface area (Å²) < 4.78 is 0. The first-order valence-corrected chi connectivity index (χ1v) is 8.90. The average molecular weight is 299 g/mol. The number of allylic oxidation sites excluding steroid dienone is 2. The molecule has 1 heterocycles. The fourth-order valence-corrected chi connectivity index (χ4v) is 3.74. The van der Waals surface area contributed by atoms with Gasteiger partial charge in [0.15, 0.2) is 5.72 Å². The van der Waals surface area contributed by atoms with Crippen molar-refractivity contribution in [1.82, 2.24) is 5.06 Å². The highest BCUT2D eigenvalue weighted by molar-refractivity contribution is 5.25. The van der Waals surface area contributed by atoms with Crippen molar-refractivity contribution in [3.63, 3.8) is 0 Å². The lowest BCUT2D eigenvalue weighted by Gasteiger charge is -2.23. The van der Waals surface area contributed by atoms with Gasteiger partial charge < -0.3 is 0 Å². The summed E-state index contributed by atoms with van der Waals surface area (Å²) in [5.41, 5.74) is 2.60. The number of hydrogen-bond acceptors (Lipinski definition) is 2. The van der Waals surface area contributed by atoms with Gasteiger partial charge in [-0.25, -0.2) is 0 Å². The molecule has 1 saturated heterocycles. The molecule has 3 rings (SSSR count). The molecule has 2 aliphatic rings. The normalized spacial score (nSPS) is 28.4. The van der Waals surface area contributed by atoms with E-state index in [1.165, 1.54) is 49.7 Å². The third-order valence-corrected chi connectivity index (χ3v) is 4.98. The van der Waals surface area contributed by atoms with E-state index in [0.717, 1.165) is 12.8 Å². The van der Waals surface area contributed by atoms with Gasteiger partial charge in [-0.2, -0.15) is 0 Å². The van der Waals surface area contributed by atoms with E-state index < -0.39 is 0 Å². The van der Waals surface area contributed by atoms with E-state index in [0.29, 0.717) is 6.04 Å². The van der Waals surface area contributed by atoms with Gasteiger partial charge in [-0.05, 0) is 46.0 Å².